The number of H-pyrrole nitrogens is 1. The molecule has 26 heavy (non-hydrogen) atoms. The van der Waals surface area contributed by atoms with Crippen molar-refractivity contribution >= 4 is 11.0 Å². The zero-order valence-electron chi connectivity index (χ0n) is 13.7. The van der Waals surface area contributed by atoms with Crippen LogP contribution in [0.15, 0.2) is 23.0 Å². The molecule has 0 saturated carbocycles. The topological polar surface area (TPSA) is 83.8 Å². The van der Waals surface area contributed by atoms with Crippen LogP contribution in [0.3, 0.4) is 0 Å². The van der Waals surface area contributed by atoms with Crippen LogP contribution in [0.1, 0.15) is 35.6 Å². The van der Waals surface area contributed by atoms with Gasteiger partial charge in [0.15, 0.2) is 5.65 Å². The molecule has 0 saturated heterocycles. The van der Waals surface area contributed by atoms with Gasteiger partial charge in [0.2, 0.25) is 0 Å². The maximum atomic E-state index is 14.3. The van der Waals surface area contributed by atoms with Crippen molar-refractivity contribution in [1.82, 2.24) is 19.7 Å². The normalized spacial score (nSPS) is 13.3. The Kier molecular flexibility index (Phi) is 4.31. The smallest absolute Gasteiger partial charge is 0.390 e. The number of fused-ring (bicyclic) bond motifs is 1. The summed E-state index contributed by atoms with van der Waals surface area (Å²) in [5.41, 5.74) is -1.50. The lowest BCUT2D eigenvalue weighted by atomic mass is 10.0. The molecule has 2 N–H and O–H groups in total. The summed E-state index contributed by atoms with van der Waals surface area (Å²) < 4.78 is 53.6. The lowest BCUT2D eigenvalue weighted by Crippen LogP contribution is -2.15. The molecule has 2 heterocycles. The SMILES string of the molecule is Cc1nc2c(c(CO)nn2[C@H](C)c2ccc(C(F)(F)F)cc2F)c(=O)[nH]1. The zero-order chi connectivity index (χ0) is 19.2. The van der Waals surface area contributed by atoms with E-state index < -0.39 is 35.8 Å². The van der Waals surface area contributed by atoms with Gasteiger partial charge >= 0.3 is 6.18 Å². The summed E-state index contributed by atoms with van der Waals surface area (Å²) in [4.78, 5) is 18.8. The first-order chi connectivity index (χ1) is 12.1. The quantitative estimate of drug-likeness (QED) is 0.695. The van der Waals surface area contributed by atoms with Crippen molar-refractivity contribution in [2.45, 2.75) is 32.7 Å². The fraction of sp³-hybridized carbons (Fsp3) is 0.312. The maximum Gasteiger partial charge on any atom is 0.416 e. The third-order valence-electron chi connectivity index (χ3n) is 4.05. The Morgan fingerprint density at radius 1 is 1.35 bits per heavy atom. The van der Waals surface area contributed by atoms with Gasteiger partial charge in [-0.25, -0.2) is 14.1 Å². The van der Waals surface area contributed by atoms with E-state index in [-0.39, 0.29) is 28.1 Å². The van der Waals surface area contributed by atoms with Crippen molar-refractivity contribution in [3.05, 3.63) is 57.0 Å². The van der Waals surface area contributed by atoms with Crippen LogP contribution in [0.25, 0.3) is 11.0 Å². The van der Waals surface area contributed by atoms with E-state index in [1.807, 2.05) is 0 Å². The second-order valence-electron chi connectivity index (χ2n) is 5.81. The molecule has 0 bridgehead atoms. The highest BCUT2D eigenvalue weighted by molar-refractivity contribution is 5.77. The third-order valence-corrected chi connectivity index (χ3v) is 4.05. The van der Waals surface area contributed by atoms with E-state index in [0.717, 1.165) is 12.1 Å². The molecule has 0 spiro atoms. The third kappa shape index (κ3) is 2.96. The fourth-order valence-corrected chi connectivity index (χ4v) is 2.78. The van der Waals surface area contributed by atoms with Gasteiger partial charge in [-0.3, -0.25) is 4.79 Å². The molecule has 3 aromatic rings. The number of hydrogen-bond donors (Lipinski definition) is 2. The van der Waals surface area contributed by atoms with Gasteiger partial charge < -0.3 is 10.1 Å². The number of aliphatic hydroxyl groups is 1. The summed E-state index contributed by atoms with van der Waals surface area (Å²) in [6.45, 7) is 2.51. The Hall–Kier alpha value is -2.75. The molecule has 10 heteroatoms. The standard InChI is InChI=1S/C16H14F4N4O2/c1-7(10-4-3-9(5-11(10)17)16(18,19)20)24-14-13(12(6-25)23-24)15(26)22-8(2)21-14/h3-5,7,25H,6H2,1-2H3,(H,21,22,26)/t7-/m1/s1. The van der Waals surface area contributed by atoms with Crippen LogP contribution in [-0.2, 0) is 12.8 Å². The van der Waals surface area contributed by atoms with Gasteiger partial charge in [0, 0.05) is 5.56 Å². The largest absolute Gasteiger partial charge is 0.416 e. The van der Waals surface area contributed by atoms with Gasteiger partial charge in [0.1, 0.15) is 22.7 Å². The zero-order valence-corrected chi connectivity index (χ0v) is 13.7. The number of aromatic nitrogens is 4. The molecule has 1 aromatic carbocycles. The van der Waals surface area contributed by atoms with E-state index in [9.17, 15) is 27.5 Å². The summed E-state index contributed by atoms with van der Waals surface area (Å²) in [6, 6.07) is 1.36. The summed E-state index contributed by atoms with van der Waals surface area (Å²) in [6.07, 6.45) is -4.66. The number of aryl methyl sites for hydroxylation is 1. The van der Waals surface area contributed by atoms with Gasteiger partial charge in [-0.05, 0) is 26.0 Å². The van der Waals surface area contributed by atoms with Crippen LogP contribution in [0.2, 0.25) is 0 Å². The van der Waals surface area contributed by atoms with Gasteiger partial charge in [-0.1, -0.05) is 6.07 Å². The summed E-state index contributed by atoms with van der Waals surface area (Å²) >= 11 is 0. The highest BCUT2D eigenvalue weighted by atomic mass is 19.4. The van der Waals surface area contributed by atoms with E-state index in [1.54, 1.807) is 6.92 Å². The number of alkyl halides is 3. The minimum atomic E-state index is -4.66. The summed E-state index contributed by atoms with van der Waals surface area (Å²) in [7, 11) is 0. The molecule has 2 aromatic heterocycles. The van der Waals surface area contributed by atoms with Crippen molar-refractivity contribution in [3.8, 4) is 0 Å². The Morgan fingerprint density at radius 2 is 2.04 bits per heavy atom. The predicted octanol–water partition coefficient (Wildman–Crippen LogP) is 2.69. The van der Waals surface area contributed by atoms with Crippen LogP contribution in [0, 0.1) is 12.7 Å². The molecule has 0 fully saturated rings. The number of nitrogens with zero attached hydrogens (tertiary/aromatic N) is 3. The van der Waals surface area contributed by atoms with Crippen LogP contribution >= 0.6 is 0 Å². The summed E-state index contributed by atoms with van der Waals surface area (Å²) in [5.74, 6) is -0.767. The lowest BCUT2D eigenvalue weighted by Gasteiger charge is -2.16. The molecule has 0 amide bonds. The number of benzene rings is 1. The van der Waals surface area contributed by atoms with E-state index in [4.69, 9.17) is 0 Å². The number of halogens is 4. The minimum absolute atomic E-state index is 0.0490. The van der Waals surface area contributed by atoms with Crippen molar-refractivity contribution in [2.75, 3.05) is 0 Å². The molecule has 0 radical (unpaired) electrons. The van der Waals surface area contributed by atoms with Crippen LogP contribution in [0.5, 0.6) is 0 Å². The second kappa shape index (κ2) is 6.20. The van der Waals surface area contributed by atoms with Crippen LogP contribution in [-0.4, -0.2) is 24.9 Å². The van der Waals surface area contributed by atoms with Crippen molar-refractivity contribution < 1.29 is 22.7 Å². The molecule has 0 aliphatic rings. The number of hydrogen-bond acceptors (Lipinski definition) is 4. The van der Waals surface area contributed by atoms with Crippen LogP contribution in [0.4, 0.5) is 17.6 Å². The number of rotatable bonds is 3. The average Bonchev–Trinajstić information content (AvgIpc) is 2.92. The Bertz CT molecular complexity index is 1040. The maximum absolute atomic E-state index is 14.3. The number of aliphatic hydroxyl groups excluding tert-OH is 1. The van der Waals surface area contributed by atoms with E-state index in [1.165, 1.54) is 11.6 Å². The van der Waals surface area contributed by atoms with E-state index in [2.05, 4.69) is 15.1 Å². The molecular weight excluding hydrogens is 356 g/mol. The monoisotopic (exact) mass is 370 g/mol. The Morgan fingerprint density at radius 3 is 2.62 bits per heavy atom. The van der Waals surface area contributed by atoms with Crippen molar-refractivity contribution in [2.24, 2.45) is 0 Å². The molecule has 3 rings (SSSR count). The predicted molar refractivity (Wildman–Crippen MR) is 84.0 cm³/mol. The minimum Gasteiger partial charge on any atom is -0.390 e. The molecule has 138 valence electrons. The first-order valence-electron chi connectivity index (χ1n) is 7.59. The Balaban J connectivity index is 2.17. The lowest BCUT2D eigenvalue weighted by molar-refractivity contribution is -0.137. The van der Waals surface area contributed by atoms with Gasteiger partial charge in [-0.15, -0.1) is 0 Å². The molecule has 0 aliphatic heterocycles. The van der Waals surface area contributed by atoms with E-state index >= 15 is 0 Å². The van der Waals surface area contributed by atoms with Crippen molar-refractivity contribution in [3.63, 3.8) is 0 Å². The van der Waals surface area contributed by atoms with E-state index in [0.29, 0.717) is 6.07 Å². The van der Waals surface area contributed by atoms with Crippen molar-refractivity contribution in [1.29, 1.82) is 0 Å². The average molecular weight is 370 g/mol. The number of aromatic amines is 1. The molecular formula is C16H14F4N4O2. The van der Waals surface area contributed by atoms with Gasteiger partial charge in [-0.2, -0.15) is 18.3 Å². The highest BCUT2D eigenvalue weighted by Crippen LogP contribution is 2.32. The fourth-order valence-electron chi connectivity index (χ4n) is 2.78. The molecule has 1 atom stereocenters. The van der Waals surface area contributed by atoms with Crippen LogP contribution < -0.4 is 5.56 Å². The molecule has 0 unspecified atom stereocenters. The highest BCUT2D eigenvalue weighted by Gasteiger charge is 2.32. The second-order valence-corrected chi connectivity index (χ2v) is 5.81. The first kappa shape index (κ1) is 18.1. The first-order valence-corrected chi connectivity index (χ1v) is 7.59. The van der Waals surface area contributed by atoms with Gasteiger partial charge in [0.05, 0.1) is 18.2 Å². The number of nitrogens with one attached hydrogen (secondary N) is 1. The Labute approximate surface area is 144 Å². The summed E-state index contributed by atoms with van der Waals surface area (Å²) in [5, 5.41) is 13.6. The molecule has 0 aliphatic carbocycles. The van der Waals surface area contributed by atoms with Gasteiger partial charge in [0.25, 0.3) is 5.56 Å². The molecule has 6 nitrogen and oxygen atoms in total.